The van der Waals surface area contributed by atoms with E-state index in [1.807, 2.05) is 19.2 Å². The van der Waals surface area contributed by atoms with Gasteiger partial charge in [-0.3, -0.25) is 4.98 Å². The third kappa shape index (κ3) is 4.08. The Balaban J connectivity index is 1.98. The van der Waals surface area contributed by atoms with Crippen LogP contribution in [0.15, 0.2) is 39.1 Å². The first-order valence-electron chi connectivity index (χ1n) is 6.48. The maximum atomic E-state index is 5.31. The van der Waals surface area contributed by atoms with Crippen LogP contribution in [0.1, 0.15) is 37.7 Å². The quantitative estimate of drug-likeness (QED) is 0.874. The fourth-order valence-electron chi connectivity index (χ4n) is 1.65. The normalized spacial score (nSPS) is 12.6. The lowest BCUT2D eigenvalue weighted by molar-refractivity contribution is 0.454. The van der Waals surface area contributed by atoms with Crippen molar-refractivity contribution in [3.8, 4) is 0 Å². The van der Waals surface area contributed by atoms with Gasteiger partial charge in [0.1, 0.15) is 6.26 Å². The number of nitrogens with one attached hydrogen (secondary N) is 1. The number of aryl methyl sites for hydroxylation is 1. The second-order valence-corrected chi connectivity index (χ2v) is 5.48. The minimum absolute atomic E-state index is 0.281. The van der Waals surface area contributed by atoms with Gasteiger partial charge in [0.2, 0.25) is 0 Å². The molecule has 19 heavy (non-hydrogen) atoms. The lowest BCUT2D eigenvalue weighted by atomic mass is 10.2. The first-order chi connectivity index (χ1) is 9.19. The van der Waals surface area contributed by atoms with E-state index in [-0.39, 0.29) is 6.04 Å². The van der Waals surface area contributed by atoms with E-state index in [0.29, 0.717) is 5.22 Å². The van der Waals surface area contributed by atoms with Gasteiger partial charge < -0.3 is 9.73 Å². The summed E-state index contributed by atoms with van der Waals surface area (Å²) in [7, 11) is 0. The molecule has 0 radical (unpaired) electrons. The van der Waals surface area contributed by atoms with Crippen LogP contribution < -0.4 is 5.32 Å². The summed E-state index contributed by atoms with van der Waals surface area (Å²) in [6.45, 7) is 7.21. The monoisotopic (exact) mass is 277 g/mol. The van der Waals surface area contributed by atoms with E-state index in [1.165, 1.54) is 11.8 Å². The molecule has 0 aliphatic heterocycles. The number of oxazole rings is 1. The van der Waals surface area contributed by atoms with Crippen molar-refractivity contribution in [3.05, 3.63) is 36.0 Å². The van der Waals surface area contributed by atoms with Crippen molar-refractivity contribution in [1.82, 2.24) is 15.3 Å². The number of rotatable bonds is 6. The molecule has 0 bridgehead atoms. The van der Waals surface area contributed by atoms with Gasteiger partial charge in [-0.1, -0.05) is 6.92 Å². The molecule has 2 aromatic heterocycles. The number of aromatic nitrogens is 2. The Morgan fingerprint density at radius 1 is 1.42 bits per heavy atom. The van der Waals surface area contributed by atoms with E-state index in [9.17, 15) is 0 Å². The van der Waals surface area contributed by atoms with Gasteiger partial charge in [-0.25, -0.2) is 4.98 Å². The number of nitrogens with zero attached hydrogens (tertiary/aromatic N) is 2. The average molecular weight is 277 g/mol. The summed E-state index contributed by atoms with van der Waals surface area (Å²) in [5.41, 5.74) is 1.95. The topological polar surface area (TPSA) is 51.0 Å². The van der Waals surface area contributed by atoms with E-state index < -0.39 is 0 Å². The minimum atomic E-state index is 0.281. The molecule has 0 aliphatic carbocycles. The van der Waals surface area contributed by atoms with E-state index in [1.54, 1.807) is 6.26 Å². The molecule has 0 aliphatic rings. The van der Waals surface area contributed by atoms with Crippen molar-refractivity contribution in [1.29, 1.82) is 0 Å². The van der Waals surface area contributed by atoms with Crippen LogP contribution in [-0.4, -0.2) is 16.5 Å². The molecule has 2 aromatic rings. The summed E-state index contributed by atoms with van der Waals surface area (Å²) in [5.74, 6) is 0. The van der Waals surface area contributed by atoms with E-state index in [0.717, 1.165) is 29.2 Å². The Hall–Kier alpha value is -1.33. The maximum Gasteiger partial charge on any atom is 0.260 e. The van der Waals surface area contributed by atoms with Crippen molar-refractivity contribution in [2.24, 2.45) is 0 Å². The molecule has 5 heteroatoms. The number of hydrogen-bond acceptors (Lipinski definition) is 5. The highest BCUT2D eigenvalue weighted by atomic mass is 32.2. The lowest BCUT2D eigenvalue weighted by Gasteiger charge is -2.12. The summed E-state index contributed by atoms with van der Waals surface area (Å²) in [6, 6.07) is 4.38. The van der Waals surface area contributed by atoms with Crippen LogP contribution in [0, 0.1) is 6.92 Å². The second-order valence-electron chi connectivity index (χ2n) is 4.45. The highest BCUT2D eigenvalue weighted by Gasteiger charge is 2.07. The van der Waals surface area contributed by atoms with Gasteiger partial charge in [-0.2, -0.15) is 0 Å². The molecule has 0 amide bonds. The summed E-state index contributed by atoms with van der Waals surface area (Å²) in [4.78, 5) is 9.78. The highest BCUT2D eigenvalue weighted by Crippen LogP contribution is 2.26. The fourth-order valence-corrected chi connectivity index (χ4v) is 2.38. The van der Waals surface area contributed by atoms with Gasteiger partial charge in [-0.15, -0.1) is 0 Å². The van der Waals surface area contributed by atoms with Crippen LogP contribution in [0.25, 0.3) is 0 Å². The van der Waals surface area contributed by atoms with Crippen LogP contribution in [0.3, 0.4) is 0 Å². The van der Waals surface area contributed by atoms with E-state index in [4.69, 9.17) is 4.42 Å². The van der Waals surface area contributed by atoms with Crippen LogP contribution in [0.2, 0.25) is 0 Å². The molecule has 4 nitrogen and oxygen atoms in total. The minimum Gasteiger partial charge on any atom is -0.439 e. The molecule has 0 fully saturated rings. The van der Waals surface area contributed by atoms with Gasteiger partial charge in [0, 0.05) is 17.1 Å². The largest absolute Gasteiger partial charge is 0.439 e. The fraction of sp³-hybridized carbons (Fsp3) is 0.429. The van der Waals surface area contributed by atoms with Crippen molar-refractivity contribution >= 4 is 11.8 Å². The van der Waals surface area contributed by atoms with Crippen molar-refractivity contribution < 1.29 is 4.42 Å². The molecular weight excluding hydrogens is 258 g/mol. The van der Waals surface area contributed by atoms with Gasteiger partial charge >= 0.3 is 0 Å². The highest BCUT2D eigenvalue weighted by molar-refractivity contribution is 7.99. The first kappa shape index (κ1) is 14.1. The van der Waals surface area contributed by atoms with Gasteiger partial charge in [0.15, 0.2) is 0 Å². The molecule has 2 rings (SSSR count). The Morgan fingerprint density at radius 2 is 2.26 bits per heavy atom. The molecule has 0 spiro atoms. The van der Waals surface area contributed by atoms with Crippen LogP contribution in [-0.2, 0) is 0 Å². The molecule has 0 saturated carbocycles. The average Bonchev–Trinajstić information content (AvgIpc) is 2.82. The van der Waals surface area contributed by atoms with Crippen LogP contribution in [0.5, 0.6) is 0 Å². The summed E-state index contributed by atoms with van der Waals surface area (Å²) < 4.78 is 5.31. The van der Waals surface area contributed by atoms with Crippen molar-refractivity contribution in [2.45, 2.75) is 43.4 Å². The molecule has 1 unspecified atom stereocenters. The Labute approximate surface area is 118 Å². The zero-order chi connectivity index (χ0) is 13.7. The molecule has 1 atom stereocenters. The molecule has 1 N–H and O–H groups in total. The zero-order valence-corrected chi connectivity index (χ0v) is 12.3. The Kier molecular flexibility index (Phi) is 4.99. The van der Waals surface area contributed by atoms with Crippen LogP contribution in [0.4, 0.5) is 0 Å². The summed E-state index contributed by atoms with van der Waals surface area (Å²) in [6.07, 6.45) is 4.65. The van der Waals surface area contributed by atoms with Crippen molar-refractivity contribution in [3.63, 3.8) is 0 Å². The predicted molar refractivity (Wildman–Crippen MR) is 76.3 cm³/mol. The molecule has 2 heterocycles. The SMILES string of the molecule is CCCNC(C)c1ccc(Sc2nc(C)co2)cn1. The van der Waals surface area contributed by atoms with Gasteiger partial charge in [-0.05, 0) is 50.7 Å². The van der Waals surface area contributed by atoms with Crippen LogP contribution >= 0.6 is 11.8 Å². The van der Waals surface area contributed by atoms with Crippen molar-refractivity contribution in [2.75, 3.05) is 6.54 Å². The first-order valence-corrected chi connectivity index (χ1v) is 7.30. The summed E-state index contributed by atoms with van der Waals surface area (Å²) >= 11 is 1.49. The summed E-state index contributed by atoms with van der Waals surface area (Å²) in [5, 5.41) is 4.08. The maximum absolute atomic E-state index is 5.31. The van der Waals surface area contributed by atoms with Gasteiger partial charge in [0.05, 0.1) is 11.4 Å². The molecule has 102 valence electrons. The second kappa shape index (κ2) is 6.73. The predicted octanol–water partition coefficient (Wildman–Crippen LogP) is 3.59. The molecular formula is C14H19N3OS. The number of pyridine rings is 1. The zero-order valence-electron chi connectivity index (χ0n) is 11.5. The Morgan fingerprint density at radius 3 is 2.84 bits per heavy atom. The standard InChI is InChI=1S/C14H19N3OS/c1-4-7-15-11(3)13-6-5-12(8-16-13)19-14-17-10(2)9-18-14/h5-6,8-9,11,15H,4,7H2,1-3H3. The number of hydrogen-bond donors (Lipinski definition) is 1. The van der Waals surface area contributed by atoms with E-state index in [2.05, 4.69) is 35.2 Å². The van der Waals surface area contributed by atoms with Gasteiger partial charge in [0.25, 0.3) is 5.22 Å². The Bertz CT molecular complexity index is 510. The van der Waals surface area contributed by atoms with E-state index >= 15 is 0 Å². The molecule has 0 aromatic carbocycles. The third-order valence-electron chi connectivity index (χ3n) is 2.71. The smallest absolute Gasteiger partial charge is 0.260 e. The lowest BCUT2D eigenvalue weighted by Crippen LogP contribution is -2.20. The molecule has 0 saturated heterocycles. The third-order valence-corrected chi connectivity index (χ3v) is 3.55.